The summed E-state index contributed by atoms with van der Waals surface area (Å²) in [4.78, 5) is 0. The molecule has 2 nitrogen and oxygen atoms in total. The molecule has 2 heteroatoms. The van der Waals surface area contributed by atoms with Crippen LogP contribution in [0.25, 0.3) is 0 Å². The Morgan fingerprint density at radius 2 is 1.29 bits per heavy atom. The van der Waals surface area contributed by atoms with E-state index in [0.29, 0.717) is 0 Å². The number of hydrogen-bond acceptors (Lipinski definition) is 2. The van der Waals surface area contributed by atoms with Gasteiger partial charge in [0.1, 0.15) is 0 Å². The molecule has 0 saturated heterocycles. The molecule has 0 aromatic heterocycles. The number of aliphatic hydroxyl groups excluding tert-OH is 1. The molecular formula is C15H13NO. The molecule has 2 bridgehead atoms. The van der Waals surface area contributed by atoms with Crippen molar-refractivity contribution >= 4 is 0 Å². The molecule has 0 spiro atoms. The normalized spacial score (nSPS) is 28.6. The average Bonchev–Trinajstić information content (AvgIpc) is 2.73. The fourth-order valence-corrected chi connectivity index (χ4v) is 3.16. The lowest BCUT2D eigenvalue weighted by Gasteiger charge is -2.29. The molecule has 2 N–H and O–H groups in total. The summed E-state index contributed by atoms with van der Waals surface area (Å²) in [7, 11) is 0. The first-order chi connectivity index (χ1) is 8.36. The van der Waals surface area contributed by atoms with E-state index in [1.54, 1.807) is 0 Å². The molecule has 2 aliphatic heterocycles. The summed E-state index contributed by atoms with van der Waals surface area (Å²) in [6.07, 6.45) is -0.439. The van der Waals surface area contributed by atoms with E-state index in [4.69, 9.17) is 0 Å². The highest BCUT2D eigenvalue weighted by Crippen LogP contribution is 2.48. The van der Waals surface area contributed by atoms with Crippen LogP contribution in [0.15, 0.2) is 48.5 Å². The molecule has 0 fully saturated rings. The van der Waals surface area contributed by atoms with E-state index in [9.17, 15) is 5.11 Å². The average molecular weight is 223 g/mol. The first-order valence-electron chi connectivity index (χ1n) is 5.98. The lowest BCUT2D eigenvalue weighted by atomic mass is 9.91. The van der Waals surface area contributed by atoms with Crippen LogP contribution < -0.4 is 5.32 Å². The second kappa shape index (κ2) is 3.19. The van der Waals surface area contributed by atoms with Crippen molar-refractivity contribution in [2.75, 3.05) is 0 Å². The molecule has 17 heavy (non-hydrogen) atoms. The molecule has 0 saturated carbocycles. The van der Waals surface area contributed by atoms with E-state index in [1.165, 1.54) is 16.7 Å². The molecule has 0 radical (unpaired) electrons. The van der Waals surface area contributed by atoms with Crippen molar-refractivity contribution in [1.82, 2.24) is 5.32 Å². The molecule has 2 unspecified atom stereocenters. The quantitative estimate of drug-likeness (QED) is 0.719. The van der Waals surface area contributed by atoms with Crippen molar-refractivity contribution < 1.29 is 5.11 Å². The lowest BCUT2D eigenvalue weighted by molar-refractivity contribution is 0.121. The Bertz CT molecular complexity index is 593. The molecule has 0 amide bonds. The van der Waals surface area contributed by atoms with Gasteiger partial charge < -0.3 is 5.11 Å². The highest BCUT2D eigenvalue weighted by Gasteiger charge is 2.41. The monoisotopic (exact) mass is 223 g/mol. The zero-order valence-corrected chi connectivity index (χ0v) is 9.30. The lowest BCUT2D eigenvalue weighted by Crippen LogP contribution is -2.30. The van der Waals surface area contributed by atoms with Crippen molar-refractivity contribution in [1.29, 1.82) is 0 Å². The number of fused-ring (bicyclic) bond motifs is 7. The van der Waals surface area contributed by atoms with Gasteiger partial charge in [-0.15, -0.1) is 0 Å². The summed E-state index contributed by atoms with van der Waals surface area (Å²) in [5.41, 5.74) is 4.82. The summed E-state index contributed by atoms with van der Waals surface area (Å²) in [5, 5.41) is 13.9. The molecule has 0 aliphatic carbocycles. The smallest absolute Gasteiger partial charge is 0.0988 e. The van der Waals surface area contributed by atoms with Crippen LogP contribution in [0.1, 0.15) is 40.4 Å². The summed E-state index contributed by atoms with van der Waals surface area (Å²) >= 11 is 0. The number of rotatable bonds is 0. The Hall–Kier alpha value is -1.64. The zero-order valence-electron chi connectivity index (χ0n) is 9.30. The number of nitrogens with one attached hydrogen (secondary N) is 1. The van der Waals surface area contributed by atoms with Crippen LogP contribution in [0.2, 0.25) is 0 Å². The second-order valence-corrected chi connectivity index (χ2v) is 4.78. The van der Waals surface area contributed by atoms with E-state index in [1.807, 2.05) is 24.3 Å². The van der Waals surface area contributed by atoms with Gasteiger partial charge in [-0.2, -0.15) is 0 Å². The van der Waals surface area contributed by atoms with Gasteiger partial charge in [0.25, 0.3) is 0 Å². The van der Waals surface area contributed by atoms with Gasteiger partial charge in [0, 0.05) is 0 Å². The van der Waals surface area contributed by atoms with E-state index >= 15 is 0 Å². The topological polar surface area (TPSA) is 32.3 Å². The molecule has 3 atom stereocenters. The minimum absolute atomic E-state index is 0.0473. The third-order valence-electron chi connectivity index (χ3n) is 3.93. The van der Waals surface area contributed by atoms with E-state index in [2.05, 4.69) is 29.6 Å². The van der Waals surface area contributed by atoms with Crippen molar-refractivity contribution in [3.8, 4) is 0 Å². The Balaban J connectivity index is 2.01. The van der Waals surface area contributed by atoms with E-state index in [0.717, 1.165) is 5.56 Å². The minimum atomic E-state index is -0.439. The maximum atomic E-state index is 10.4. The van der Waals surface area contributed by atoms with Gasteiger partial charge in [0.2, 0.25) is 0 Å². The third-order valence-corrected chi connectivity index (χ3v) is 3.93. The van der Waals surface area contributed by atoms with Gasteiger partial charge in [0.05, 0.1) is 18.2 Å². The van der Waals surface area contributed by atoms with Crippen molar-refractivity contribution in [2.24, 2.45) is 0 Å². The van der Waals surface area contributed by atoms with Crippen LogP contribution in [0.4, 0.5) is 0 Å². The molecule has 2 aromatic rings. The largest absolute Gasteiger partial charge is 0.386 e. The summed E-state index contributed by atoms with van der Waals surface area (Å²) < 4.78 is 0. The highest BCUT2D eigenvalue weighted by molar-refractivity contribution is 5.51. The van der Waals surface area contributed by atoms with Gasteiger partial charge in [0.15, 0.2) is 0 Å². The van der Waals surface area contributed by atoms with Crippen LogP contribution in [-0.4, -0.2) is 5.11 Å². The van der Waals surface area contributed by atoms with Gasteiger partial charge in [-0.3, -0.25) is 5.32 Å². The van der Waals surface area contributed by atoms with Gasteiger partial charge in [-0.25, -0.2) is 0 Å². The Kier molecular flexibility index (Phi) is 1.76. The Morgan fingerprint density at radius 1 is 0.765 bits per heavy atom. The second-order valence-electron chi connectivity index (χ2n) is 4.78. The molecule has 84 valence electrons. The first-order valence-corrected chi connectivity index (χ1v) is 5.98. The Labute approximate surface area is 99.9 Å². The van der Waals surface area contributed by atoms with E-state index in [-0.39, 0.29) is 12.1 Å². The van der Waals surface area contributed by atoms with Crippen molar-refractivity contribution in [3.05, 3.63) is 70.8 Å². The molecule has 4 rings (SSSR count). The summed E-state index contributed by atoms with van der Waals surface area (Å²) in [6.45, 7) is 0. The number of hydrogen-bond donors (Lipinski definition) is 2. The summed E-state index contributed by atoms with van der Waals surface area (Å²) in [5.74, 6) is 0. The maximum Gasteiger partial charge on any atom is 0.0988 e. The van der Waals surface area contributed by atoms with Crippen LogP contribution in [0.5, 0.6) is 0 Å². The zero-order chi connectivity index (χ0) is 11.4. The fourth-order valence-electron chi connectivity index (χ4n) is 3.16. The summed E-state index contributed by atoms with van der Waals surface area (Å²) in [6, 6.07) is 16.8. The fraction of sp³-hybridized carbons (Fsp3) is 0.200. The molecule has 2 aromatic carbocycles. The third kappa shape index (κ3) is 1.11. The van der Waals surface area contributed by atoms with Crippen molar-refractivity contribution in [2.45, 2.75) is 18.2 Å². The predicted octanol–water partition coefficient (Wildman–Crippen LogP) is 2.47. The van der Waals surface area contributed by atoms with Crippen LogP contribution in [-0.2, 0) is 0 Å². The standard InChI is InChI=1S/C15H13NO/c17-15-12-8-4-3-7-11(12)13-9-5-1-2-6-10(9)14(15)16-13/h1-8,13-17H/t13?,14?,15-/m0/s1. The minimum Gasteiger partial charge on any atom is -0.386 e. The highest BCUT2D eigenvalue weighted by atomic mass is 16.3. The molecular weight excluding hydrogens is 210 g/mol. The molecule has 2 aliphatic rings. The molecule has 2 heterocycles. The number of aliphatic hydroxyl groups is 1. The first kappa shape index (κ1) is 9.40. The Morgan fingerprint density at radius 3 is 2.00 bits per heavy atom. The van der Waals surface area contributed by atoms with Gasteiger partial charge in [-0.1, -0.05) is 48.5 Å². The van der Waals surface area contributed by atoms with Crippen molar-refractivity contribution in [3.63, 3.8) is 0 Å². The maximum absolute atomic E-state index is 10.4. The predicted molar refractivity (Wildman–Crippen MR) is 65.6 cm³/mol. The van der Waals surface area contributed by atoms with Gasteiger partial charge in [-0.05, 0) is 22.3 Å². The van der Waals surface area contributed by atoms with Crippen LogP contribution >= 0.6 is 0 Å². The number of benzene rings is 2. The van der Waals surface area contributed by atoms with Crippen LogP contribution in [0.3, 0.4) is 0 Å². The van der Waals surface area contributed by atoms with Crippen LogP contribution in [0, 0.1) is 0 Å². The van der Waals surface area contributed by atoms with E-state index < -0.39 is 6.10 Å². The van der Waals surface area contributed by atoms with Gasteiger partial charge >= 0.3 is 0 Å². The SMILES string of the molecule is O[C@H]1c2ccccc2C2NC1c1ccccc12.